The number of carboxylic acid groups (broad SMARTS) is 1. The lowest BCUT2D eigenvalue weighted by Gasteiger charge is -2.27. The summed E-state index contributed by atoms with van der Waals surface area (Å²) < 4.78 is 0. The van der Waals surface area contributed by atoms with E-state index in [0.717, 1.165) is 17.7 Å². The van der Waals surface area contributed by atoms with E-state index in [4.69, 9.17) is 28.3 Å². The first-order valence-electron chi connectivity index (χ1n) is 8.35. The summed E-state index contributed by atoms with van der Waals surface area (Å²) in [6.07, 6.45) is 0.0533. The first-order chi connectivity index (χ1) is 12.4. The highest BCUT2D eigenvalue weighted by molar-refractivity contribution is 6.31. The van der Waals surface area contributed by atoms with Crippen LogP contribution in [0.3, 0.4) is 0 Å². The van der Waals surface area contributed by atoms with Gasteiger partial charge in [-0.25, -0.2) is 5.43 Å². The van der Waals surface area contributed by atoms with E-state index in [1.807, 2.05) is 24.1 Å². The quantitative estimate of drug-likeness (QED) is 0.557. The molecule has 0 radical (unpaired) electrons. The fraction of sp³-hybridized carbons (Fsp3) is 0.316. The van der Waals surface area contributed by atoms with Gasteiger partial charge < -0.3 is 15.2 Å². The number of hydrazine groups is 1. The van der Waals surface area contributed by atoms with Crippen molar-refractivity contribution in [3.63, 3.8) is 0 Å². The number of aliphatic carboxylic acids is 1. The van der Waals surface area contributed by atoms with E-state index in [1.54, 1.807) is 30.3 Å². The SMILES string of the molecule is CCCN(NCC(O)c1cccc(Cl)c1)c1ccc(CC(=O)O)c(Cl)c1. The van der Waals surface area contributed by atoms with E-state index in [0.29, 0.717) is 28.7 Å². The molecule has 2 aromatic carbocycles. The lowest BCUT2D eigenvalue weighted by molar-refractivity contribution is -0.136. The van der Waals surface area contributed by atoms with E-state index in [9.17, 15) is 9.90 Å². The molecule has 7 heteroatoms. The third kappa shape index (κ3) is 5.88. The summed E-state index contributed by atoms with van der Waals surface area (Å²) in [6, 6.07) is 12.4. The summed E-state index contributed by atoms with van der Waals surface area (Å²) in [4.78, 5) is 10.9. The van der Waals surface area contributed by atoms with Gasteiger partial charge in [0, 0.05) is 23.1 Å². The van der Waals surface area contributed by atoms with Gasteiger partial charge in [0.1, 0.15) is 0 Å². The van der Waals surface area contributed by atoms with E-state index in [2.05, 4.69) is 5.43 Å². The number of aliphatic hydroxyl groups is 1. The van der Waals surface area contributed by atoms with Gasteiger partial charge in [-0.05, 0) is 41.8 Å². The Morgan fingerprint density at radius 2 is 2.00 bits per heavy atom. The molecule has 0 aromatic heterocycles. The molecule has 0 bridgehead atoms. The zero-order valence-corrected chi connectivity index (χ0v) is 16.0. The Morgan fingerprint density at radius 3 is 2.62 bits per heavy atom. The Labute approximate surface area is 163 Å². The molecule has 0 heterocycles. The number of hydrogen-bond donors (Lipinski definition) is 3. The van der Waals surface area contributed by atoms with E-state index in [1.165, 1.54) is 0 Å². The molecule has 2 rings (SSSR count). The second-order valence-electron chi connectivity index (χ2n) is 5.93. The number of hydrogen-bond acceptors (Lipinski definition) is 4. The third-order valence-corrected chi connectivity index (χ3v) is 4.43. The average molecular weight is 397 g/mol. The highest BCUT2D eigenvalue weighted by atomic mass is 35.5. The molecule has 2 aromatic rings. The van der Waals surface area contributed by atoms with Crippen LogP contribution in [0.2, 0.25) is 10.0 Å². The van der Waals surface area contributed by atoms with E-state index < -0.39 is 12.1 Å². The number of rotatable bonds is 9. The smallest absolute Gasteiger partial charge is 0.307 e. The van der Waals surface area contributed by atoms with Crippen LogP contribution in [0.15, 0.2) is 42.5 Å². The molecule has 140 valence electrons. The maximum Gasteiger partial charge on any atom is 0.307 e. The van der Waals surface area contributed by atoms with Crippen LogP contribution < -0.4 is 10.4 Å². The third-order valence-electron chi connectivity index (χ3n) is 3.85. The second kappa shape index (κ2) is 9.78. The van der Waals surface area contributed by atoms with Gasteiger partial charge in [0.15, 0.2) is 0 Å². The fourth-order valence-corrected chi connectivity index (χ4v) is 3.00. The average Bonchev–Trinajstić information content (AvgIpc) is 2.59. The van der Waals surface area contributed by atoms with Crippen LogP contribution in [0, 0.1) is 0 Å². The van der Waals surface area contributed by atoms with Crippen molar-refractivity contribution in [3.05, 3.63) is 63.6 Å². The van der Waals surface area contributed by atoms with Crippen molar-refractivity contribution in [3.8, 4) is 0 Å². The fourth-order valence-electron chi connectivity index (χ4n) is 2.56. The molecule has 1 atom stereocenters. The molecule has 1 unspecified atom stereocenters. The van der Waals surface area contributed by atoms with Gasteiger partial charge in [-0.1, -0.05) is 48.3 Å². The van der Waals surface area contributed by atoms with Crippen molar-refractivity contribution in [2.24, 2.45) is 0 Å². The maximum atomic E-state index is 10.9. The van der Waals surface area contributed by atoms with Crippen LogP contribution in [0.25, 0.3) is 0 Å². The minimum Gasteiger partial charge on any atom is -0.481 e. The van der Waals surface area contributed by atoms with Gasteiger partial charge in [-0.2, -0.15) is 0 Å². The summed E-state index contributed by atoms with van der Waals surface area (Å²) in [6.45, 7) is 3.05. The first-order valence-corrected chi connectivity index (χ1v) is 9.11. The first kappa shape index (κ1) is 20.5. The Bertz CT molecular complexity index is 755. The Morgan fingerprint density at radius 1 is 1.23 bits per heavy atom. The molecule has 0 saturated carbocycles. The van der Waals surface area contributed by atoms with Crippen molar-refractivity contribution in [2.45, 2.75) is 25.9 Å². The Kier molecular flexibility index (Phi) is 7.72. The molecule has 0 aliphatic heterocycles. The van der Waals surface area contributed by atoms with Crippen LogP contribution in [0.5, 0.6) is 0 Å². The summed E-state index contributed by atoms with van der Waals surface area (Å²) in [5, 5.41) is 22.2. The topological polar surface area (TPSA) is 72.8 Å². The van der Waals surface area contributed by atoms with Crippen molar-refractivity contribution >= 4 is 34.9 Å². The van der Waals surface area contributed by atoms with Gasteiger partial charge in [-0.15, -0.1) is 0 Å². The predicted octanol–water partition coefficient (Wildman–Crippen LogP) is 4.08. The highest BCUT2D eigenvalue weighted by Gasteiger charge is 2.13. The van der Waals surface area contributed by atoms with Gasteiger partial charge in [-0.3, -0.25) is 4.79 Å². The second-order valence-corrected chi connectivity index (χ2v) is 6.77. The Hall–Kier alpha value is -1.79. The minimum absolute atomic E-state index is 0.117. The highest BCUT2D eigenvalue weighted by Crippen LogP contribution is 2.24. The zero-order chi connectivity index (χ0) is 19.1. The van der Waals surface area contributed by atoms with Crippen LogP contribution >= 0.6 is 23.2 Å². The molecule has 3 N–H and O–H groups in total. The van der Waals surface area contributed by atoms with Crippen molar-refractivity contribution in [2.75, 3.05) is 18.1 Å². The van der Waals surface area contributed by atoms with Gasteiger partial charge >= 0.3 is 5.97 Å². The molecular weight excluding hydrogens is 375 g/mol. The van der Waals surface area contributed by atoms with Gasteiger partial charge in [0.25, 0.3) is 0 Å². The number of carbonyl (C=O) groups is 1. The standard InChI is InChI=1S/C19H22Cl2N2O3/c1-2-8-23(16-7-6-13(10-19(25)26)17(21)11-16)22-12-18(24)14-4-3-5-15(20)9-14/h3-7,9,11,18,22,24H,2,8,10,12H2,1H3,(H,25,26). The monoisotopic (exact) mass is 396 g/mol. The largest absolute Gasteiger partial charge is 0.481 e. The number of nitrogens with one attached hydrogen (secondary N) is 1. The number of nitrogens with zero attached hydrogens (tertiary/aromatic N) is 1. The molecule has 0 fully saturated rings. The lowest BCUT2D eigenvalue weighted by Crippen LogP contribution is -2.41. The minimum atomic E-state index is -0.923. The molecule has 26 heavy (non-hydrogen) atoms. The zero-order valence-electron chi connectivity index (χ0n) is 14.5. The molecule has 0 spiro atoms. The summed E-state index contributed by atoms with van der Waals surface area (Å²) in [5.41, 5.74) is 5.32. The Balaban J connectivity index is 2.08. The van der Waals surface area contributed by atoms with Crippen LogP contribution in [0.4, 0.5) is 5.69 Å². The lowest BCUT2D eigenvalue weighted by atomic mass is 10.1. The molecule has 0 aliphatic rings. The molecule has 0 amide bonds. The summed E-state index contributed by atoms with van der Waals surface area (Å²) in [5.74, 6) is -0.923. The number of anilines is 1. The van der Waals surface area contributed by atoms with Gasteiger partial charge in [0.2, 0.25) is 0 Å². The molecule has 0 saturated heterocycles. The van der Waals surface area contributed by atoms with Crippen molar-refractivity contribution in [1.82, 2.24) is 5.43 Å². The number of halogens is 2. The molecular formula is C19H22Cl2N2O3. The van der Waals surface area contributed by atoms with Gasteiger partial charge in [0.05, 0.1) is 18.2 Å². The normalized spacial score (nSPS) is 12.0. The number of aliphatic hydroxyl groups excluding tert-OH is 1. The molecule has 5 nitrogen and oxygen atoms in total. The van der Waals surface area contributed by atoms with Crippen LogP contribution in [-0.2, 0) is 11.2 Å². The molecule has 0 aliphatic carbocycles. The summed E-state index contributed by atoms with van der Waals surface area (Å²) >= 11 is 12.2. The number of carboxylic acids is 1. The predicted molar refractivity (Wildman–Crippen MR) is 105 cm³/mol. The van der Waals surface area contributed by atoms with Crippen LogP contribution in [0.1, 0.15) is 30.6 Å². The van der Waals surface area contributed by atoms with E-state index in [-0.39, 0.29) is 6.42 Å². The number of benzene rings is 2. The maximum absolute atomic E-state index is 10.9. The van der Waals surface area contributed by atoms with E-state index >= 15 is 0 Å². The van der Waals surface area contributed by atoms with Crippen LogP contribution in [-0.4, -0.2) is 29.3 Å². The van der Waals surface area contributed by atoms with Crippen molar-refractivity contribution < 1.29 is 15.0 Å². The summed E-state index contributed by atoms with van der Waals surface area (Å²) in [7, 11) is 0. The van der Waals surface area contributed by atoms with Crippen molar-refractivity contribution in [1.29, 1.82) is 0 Å².